The zero-order chi connectivity index (χ0) is 19.1. The van der Waals surface area contributed by atoms with E-state index in [2.05, 4.69) is 10.6 Å². The lowest BCUT2D eigenvalue weighted by molar-refractivity contribution is -0.119. The molecule has 0 aromatic heterocycles. The van der Waals surface area contributed by atoms with Gasteiger partial charge in [0, 0.05) is 18.7 Å². The number of likely N-dealkylation sites (N-methyl/N-ethyl adjacent to an activating group) is 1. The van der Waals surface area contributed by atoms with Crippen molar-refractivity contribution < 1.29 is 14.0 Å². The monoisotopic (exact) mass is 357 g/mol. The van der Waals surface area contributed by atoms with Crippen molar-refractivity contribution in [1.29, 1.82) is 0 Å². The van der Waals surface area contributed by atoms with Crippen LogP contribution in [0.15, 0.2) is 42.5 Å². The average molecular weight is 357 g/mol. The van der Waals surface area contributed by atoms with Crippen LogP contribution in [-0.4, -0.2) is 36.9 Å². The van der Waals surface area contributed by atoms with Crippen LogP contribution in [0.3, 0.4) is 0 Å². The molecule has 0 unspecified atom stereocenters. The minimum absolute atomic E-state index is 0.143. The van der Waals surface area contributed by atoms with Crippen LogP contribution >= 0.6 is 0 Å². The number of halogens is 1. The topological polar surface area (TPSA) is 61.4 Å². The van der Waals surface area contributed by atoms with E-state index in [-0.39, 0.29) is 30.5 Å². The van der Waals surface area contributed by atoms with Gasteiger partial charge >= 0.3 is 0 Å². The van der Waals surface area contributed by atoms with E-state index in [0.717, 1.165) is 16.8 Å². The summed E-state index contributed by atoms with van der Waals surface area (Å²) in [5.41, 5.74) is 3.10. The molecule has 0 heterocycles. The molecule has 0 saturated carbocycles. The molecule has 2 aromatic rings. The van der Waals surface area contributed by atoms with Crippen molar-refractivity contribution in [3.63, 3.8) is 0 Å². The Morgan fingerprint density at radius 2 is 1.62 bits per heavy atom. The second kappa shape index (κ2) is 9.10. The number of para-hydroxylation sites is 1. The van der Waals surface area contributed by atoms with Crippen LogP contribution in [0.5, 0.6) is 0 Å². The summed E-state index contributed by atoms with van der Waals surface area (Å²) in [7, 11) is 1.76. The fourth-order valence-electron chi connectivity index (χ4n) is 2.47. The maximum Gasteiger partial charge on any atom is 0.238 e. The van der Waals surface area contributed by atoms with E-state index in [9.17, 15) is 14.0 Å². The molecule has 2 aromatic carbocycles. The molecule has 2 rings (SSSR count). The quantitative estimate of drug-likeness (QED) is 0.799. The number of carbonyl (C=O) groups is 2. The molecule has 26 heavy (non-hydrogen) atoms. The number of nitrogens with zero attached hydrogens (tertiary/aromatic N) is 1. The zero-order valence-corrected chi connectivity index (χ0v) is 15.3. The van der Waals surface area contributed by atoms with Gasteiger partial charge in [0.1, 0.15) is 5.82 Å². The highest BCUT2D eigenvalue weighted by Gasteiger charge is 2.11. The molecule has 0 atom stereocenters. The Hall–Kier alpha value is -2.73. The van der Waals surface area contributed by atoms with Crippen LogP contribution in [0.25, 0.3) is 0 Å². The van der Waals surface area contributed by atoms with E-state index >= 15 is 0 Å². The SMILES string of the molecule is Cc1cccc(NC(=O)CN(C)CCC(=O)Nc2ccccc2F)c1C. The summed E-state index contributed by atoms with van der Waals surface area (Å²) in [6.07, 6.45) is 0.168. The first kappa shape index (κ1) is 19.6. The molecule has 6 heteroatoms. The van der Waals surface area contributed by atoms with Crippen molar-refractivity contribution in [2.24, 2.45) is 0 Å². The summed E-state index contributed by atoms with van der Waals surface area (Å²) in [5.74, 6) is -0.908. The molecule has 0 bridgehead atoms. The van der Waals surface area contributed by atoms with Crippen LogP contribution in [0.4, 0.5) is 15.8 Å². The van der Waals surface area contributed by atoms with E-state index in [1.807, 2.05) is 32.0 Å². The second-order valence-corrected chi connectivity index (χ2v) is 6.31. The minimum Gasteiger partial charge on any atom is -0.325 e. The Bertz CT molecular complexity index is 792. The lowest BCUT2D eigenvalue weighted by atomic mass is 10.1. The summed E-state index contributed by atoms with van der Waals surface area (Å²) in [5, 5.41) is 5.42. The van der Waals surface area contributed by atoms with Gasteiger partial charge in [0.15, 0.2) is 0 Å². The largest absolute Gasteiger partial charge is 0.325 e. The number of nitrogens with one attached hydrogen (secondary N) is 2. The molecule has 0 aliphatic rings. The Kier molecular flexibility index (Phi) is 6.86. The summed E-state index contributed by atoms with van der Waals surface area (Å²) in [6.45, 7) is 4.51. The summed E-state index contributed by atoms with van der Waals surface area (Å²) >= 11 is 0. The van der Waals surface area contributed by atoms with Crippen molar-refractivity contribution >= 4 is 23.2 Å². The number of hydrogen-bond donors (Lipinski definition) is 2. The zero-order valence-electron chi connectivity index (χ0n) is 15.3. The van der Waals surface area contributed by atoms with Crippen LogP contribution in [0.1, 0.15) is 17.5 Å². The first-order valence-corrected chi connectivity index (χ1v) is 8.46. The Morgan fingerprint density at radius 1 is 0.962 bits per heavy atom. The highest BCUT2D eigenvalue weighted by molar-refractivity contribution is 5.93. The van der Waals surface area contributed by atoms with Gasteiger partial charge in [0.05, 0.1) is 12.2 Å². The summed E-state index contributed by atoms with van der Waals surface area (Å²) in [6, 6.07) is 11.8. The van der Waals surface area contributed by atoms with Gasteiger partial charge in [-0.15, -0.1) is 0 Å². The molecular weight excluding hydrogens is 333 g/mol. The fourth-order valence-corrected chi connectivity index (χ4v) is 2.47. The van der Waals surface area contributed by atoms with Crippen molar-refractivity contribution in [3.8, 4) is 0 Å². The molecule has 0 saturated heterocycles. The van der Waals surface area contributed by atoms with E-state index in [1.54, 1.807) is 24.1 Å². The smallest absolute Gasteiger partial charge is 0.238 e. The Labute approximate surface area is 153 Å². The van der Waals surface area contributed by atoms with E-state index < -0.39 is 5.82 Å². The number of anilines is 2. The van der Waals surface area contributed by atoms with Gasteiger partial charge in [-0.1, -0.05) is 24.3 Å². The maximum atomic E-state index is 13.5. The third kappa shape index (κ3) is 5.67. The lowest BCUT2D eigenvalue weighted by Gasteiger charge is -2.17. The van der Waals surface area contributed by atoms with Gasteiger partial charge < -0.3 is 10.6 Å². The van der Waals surface area contributed by atoms with Crippen LogP contribution in [0.2, 0.25) is 0 Å². The highest BCUT2D eigenvalue weighted by atomic mass is 19.1. The van der Waals surface area contributed by atoms with E-state index in [0.29, 0.717) is 6.54 Å². The highest BCUT2D eigenvalue weighted by Crippen LogP contribution is 2.17. The number of amides is 2. The fraction of sp³-hybridized carbons (Fsp3) is 0.300. The van der Waals surface area contributed by atoms with Crippen molar-refractivity contribution in [1.82, 2.24) is 4.90 Å². The summed E-state index contributed by atoms with van der Waals surface area (Å²) in [4.78, 5) is 25.8. The number of benzene rings is 2. The molecule has 2 amide bonds. The Morgan fingerprint density at radius 3 is 2.35 bits per heavy atom. The second-order valence-electron chi connectivity index (χ2n) is 6.31. The van der Waals surface area contributed by atoms with Gasteiger partial charge in [-0.3, -0.25) is 14.5 Å². The first-order valence-electron chi connectivity index (χ1n) is 8.46. The number of hydrogen-bond acceptors (Lipinski definition) is 3. The van der Waals surface area contributed by atoms with Crippen molar-refractivity contribution in [2.45, 2.75) is 20.3 Å². The number of rotatable bonds is 7. The molecule has 138 valence electrons. The molecule has 0 aliphatic heterocycles. The normalized spacial score (nSPS) is 10.7. The Balaban J connectivity index is 1.78. The summed E-state index contributed by atoms with van der Waals surface area (Å²) < 4.78 is 13.5. The van der Waals surface area contributed by atoms with Crippen LogP contribution in [0, 0.1) is 19.7 Å². The van der Waals surface area contributed by atoms with Crippen molar-refractivity contribution in [3.05, 3.63) is 59.4 Å². The molecule has 0 aliphatic carbocycles. The van der Waals surface area contributed by atoms with Gasteiger partial charge in [-0.2, -0.15) is 0 Å². The maximum absolute atomic E-state index is 13.5. The molecule has 0 spiro atoms. The van der Waals surface area contributed by atoms with Gasteiger partial charge in [-0.05, 0) is 50.2 Å². The van der Waals surface area contributed by atoms with E-state index in [1.165, 1.54) is 12.1 Å². The molecule has 0 radical (unpaired) electrons. The predicted octanol–water partition coefficient (Wildman–Crippen LogP) is 3.34. The van der Waals surface area contributed by atoms with Crippen LogP contribution in [-0.2, 0) is 9.59 Å². The van der Waals surface area contributed by atoms with Gasteiger partial charge in [-0.25, -0.2) is 4.39 Å². The molecule has 2 N–H and O–H groups in total. The van der Waals surface area contributed by atoms with Gasteiger partial charge in [0.2, 0.25) is 11.8 Å². The standard InChI is InChI=1S/C20H24FN3O2/c1-14-7-6-10-17(15(14)2)22-20(26)13-24(3)12-11-19(25)23-18-9-5-4-8-16(18)21/h4-10H,11-13H2,1-3H3,(H,22,26)(H,23,25). The average Bonchev–Trinajstić information content (AvgIpc) is 2.59. The lowest BCUT2D eigenvalue weighted by Crippen LogP contribution is -2.32. The van der Waals surface area contributed by atoms with Gasteiger partial charge in [0.25, 0.3) is 0 Å². The number of aryl methyl sites for hydroxylation is 1. The van der Waals surface area contributed by atoms with Crippen molar-refractivity contribution in [2.75, 3.05) is 30.8 Å². The molecular formula is C20H24FN3O2. The first-order chi connectivity index (χ1) is 12.4. The molecule has 0 fully saturated rings. The predicted molar refractivity (Wildman–Crippen MR) is 102 cm³/mol. The van der Waals surface area contributed by atoms with E-state index in [4.69, 9.17) is 0 Å². The number of carbonyl (C=O) groups excluding carboxylic acids is 2. The van der Waals surface area contributed by atoms with Crippen LogP contribution < -0.4 is 10.6 Å². The third-order valence-corrected chi connectivity index (χ3v) is 4.16. The minimum atomic E-state index is -0.470. The molecule has 5 nitrogen and oxygen atoms in total. The third-order valence-electron chi connectivity index (χ3n) is 4.16.